The summed E-state index contributed by atoms with van der Waals surface area (Å²) in [5.41, 5.74) is 5.11. The molecular weight excluding hydrogens is 412 g/mol. The fraction of sp³-hybridized carbons (Fsp3) is 0.208. The molecule has 30 heavy (non-hydrogen) atoms. The molecule has 0 aliphatic carbocycles. The van der Waals surface area contributed by atoms with Gasteiger partial charge in [-0.15, -0.1) is 0 Å². The molecule has 4 nitrogen and oxygen atoms in total. The van der Waals surface area contributed by atoms with Crippen LogP contribution in [-0.2, 0) is 9.59 Å². The molecule has 6 heteroatoms. The maximum absolute atomic E-state index is 12.7. The van der Waals surface area contributed by atoms with Crippen molar-refractivity contribution >= 4 is 51.9 Å². The number of anilines is 1. The molecule has 1 aliphatic rings. The van der Waals surface area contributed by atoms with Crippen LogP contribution in [0.25, 0.3) is 6.08 Å². The lowest BCUT2D eigenvalue weighted by atomic mass is 10.1. The molecule has 2 aromatic carbocycles. The number of amides is 2. The molecule has 154 valence electrons. The molecular formula is C24H24N2O2S2. The first-order valence-corrected chi connectivity index (χ1v) is 10.9. The molecule has 1 saturated heterocycles. The van der Waals surface area contributed by atoms with Gasteiger partial charge in [-0.05, 0) is 43.5 Å². The highest BCUT2D eigenvalue weighted by Gasteiger charge is 2.31. The fourth-order valence-electron chi connectivity index (χ4n) is 3.31. The Bertz CT molecular complexity index is 1020. The number of benzene rings is 2. The van der Waals surface area contributed by atoms with Crippen molar-refractivity contribution in [3.8, 4) is 0 Å². The summed E-state index contributed by atoms with van der Waals surface area (Å²) in [6.45, 7) is 6.25. The zero-order valence-electron chi connectivity index (χ0n) is 17.3. The number of aryl methyl sites for hydroxylation is 3. The van der Waals surface area contributed by atoms with Crippen molar-refractivity contribution in [2.24, 2.45) is 0 Å². The first kappa shape index (κ1) is 22.0. The maximum Gasteiger partial charge on any atom is 0.266 e. The van der Waals surface area contributed by atoms with Crippen LogP contribution in [0, 0.1) is 20.8 Å². The van der Waals surface area contributed by atoms with Crippen LogP contribution in [0.15, 0.2) is 59.5 Å². The quantitative estimate of drug-likeness (QED) is 0.487. The molecule has 0 bridgehead atoms. The monoisotopic (exact) mass is 436 g/mol. The maximum atomic E-state index is 12.7. The standard InChI is InChI=1S/C24H24N2O2S2/c1-16-14-17(2)22(18(3)15-16)25-21(27)12-13-26-23(28)20(30-24(26)29)11-7-10-19-8-5-4-6-9-19/h4-11,14-15H,12-13H2,1-3H3,(H,25,27). The Morgan fingerprint density at radius 3 is 2.47 bits per heavy atom. The Balaban J connectivity index is 1.59. The second kappa shape index (κ2) is 9.87. The van der Waals surface area contributed by atoms with Gasteiger partial charge in [-0.2, -0.15) is 0 Å². The second-order valence-corrected chi connectivity index (χ2v) is 8.87. The lowest BCUT2D eigenvalue weighted by Crippen LogP contribution is -2.31. The van der Waals surface area contributed by atoms with E-state index < -0.39 is 0 Å². The van der Waals surface area contributed by atoms with Crippen molar-refractivity contribution in [2.75, 3.05) is 11.9 Å². The van der Waals surface area contributed by atoms with Crippen LogP contribution in [0.1, 0.15) is 28.7 Å². The number of thioether (sulfide) groups is 1. The third-order valence-electron chi connectivity index (χ3n) is 4.71. The van der Waals surface area contributed by atoms with E-state index >= 15 is 0 Å². The Kier molecular flexibility index (Phi) is 7.24. The summed E-state index contributed by atoms with van der Waals surface area (Å²) in [5, 5.41) is 2.97. The van der Waals surface area contributed by atoms with E-state index in [0.29, 0.717) is 9.23 Å². The first-order valence-electron chi connectivity index (χ1n) is 9.70. The van der Waals surface area contributed by atoms with E-state index in [0.717, 1.165) is 27.9 Å². The number of hydrogen-bond acceptors (Lipinski definition) is 4. The SMILES string of the molecule is Cc1cc(C)c(NC(=O)CCN2C(=O)C(=CC=Cc3ccccc3)SC2=S)c(C)c1. The summed E-state index contributed by atoms with van der Waals surface area (Å²) in [5.74, 6) is -0.287. The van der Waals surface area contributed by atoms with Gasteiger partial charge in [0.2, 0.25) is 5.91 Å². The number of nitrogens with zero attached hydrogens (tertiary/aromatic N) is 1. The van der Waals surface area contributed by atoms with Crippen molar-refractivity contribution in [2.45, 2.75) is 27.2 Å². The van der Waals surface area contributed by atoms with Crippen LogP contribution < -0.4 is 5.32 Å². The summed E-state index contributed by atoms with van der Waals surface area (Å²) in [7, 11) is 0. The Hall–Kier alpha value is -2.70. The summed E-state index contributed by atoms with van der Waals surface area (Å²) in [4.78, 5) is 27.2. The van der Waals surface area contributed by atoms with Crippen LogP contribution in [0.5, 0.6) is 0 Å². The highest BCUT2D eigenvalue weighted by Crippen LogP contribution is 2.31. The summed E-state index contributed by atoms with van der Waals surface area (Å²) in [6.07, 6.45) is 5.74. The third kappa shape index (κ3) is 5.46. The molecule has 0 spiro atoms. The van der Waals surface area contributed by atoms with E-state index in [9.17, 15) is 9.59 Å². The van der Waals surface area contributed by atoms with E-state index in [2.05, 4.69) is 5.32 Å². The predicted molar refractivity (Wildman–Crippen MR) is 129 cm³/mol. The van der Waals surface area contributed by atoms with Crippen molar-refractivity contribution in [3.05, 3.63) is 81.8 Å². The molecule has 0 aromatic heterocycles. The van der Waals surface area contributed by atoms with Crippen LogP contribution in [0.3, 0.4) is 0 Å². The molecule has 1 heterocycles. The van der Waals surface area contributed by atoms with E-state index in [4.69, 9.17) is 12.2 Å². The van der Waals surface area contributed by atoms with E-state index in [1.165, 1.54) is 16.7 Å². The highest BCUT2D eigenvalue weighted by molar-refractivity contribution is 8.26. The van der Waals surface area contributed by atoms with E-state index in [1.807, 2.05) is 75.4 Å². The Labute approximate surface area is 187 Å². The number of rotatable bonds is 6. The van der Waals surface area contributed by atoms with Crippen LogP contribution in [-0.4, -0.2) is 27.6 Å². The minimum Gasteiger partial charge on any atom is -0.326 e. The van der Waals surface area contributed by atoms with Crippen molar-refractivity contribution in [1.82, 2.24) is 4.90 Å². The number of thiocarbonyl (C=S) groups is 1. The second-order valence-electron chi connectivity index (χ2n) is 7.20. The van der Waals surface area contributed by atoms with Crippen LogP contribution in [0.2, 0.25) is 0 Å². The summed E-state index contributed by atoms with van der Waals surface area (Å²) >= 11 is 6.61. The number of hydrogen-bond donors (Lipinski definition) is 1. The number of carbonyl (C=O) groups excluding carboxylic acids is 2. The van der Waals surface area contributed by atoms with E-state index in [-0.39, 0.29) is 24.8 Å². The van der Waals surface area contributed by atoms with Crippen molar-refractivity contribution < 1.29 is 9.59 Å². The Morgan fingerprint density at radius 2 is 1.80 bits per heavy atom. The molecule has 0 atom stereocenters. The largest absolute Gasteiger partial charge is 0.326 e. The summed E-state index contributed by atoms with van der Waals surface area (Å²) in [6, 6.07) is 13.9. The number of carbonyl (C=O) groups is 2. The fourth-order valence-corrected chi connectivity index (χ4v) is 4.57. The zero-order valence-corrected chi connectivity index (χ0v) is 18.9. The van der Waals surface area contributed by atoms with Gasteiger partial charge in [0.25, 0.3) is 5.91 Å². The average molecular weight is 437 g/mol. The van der Waals surface area contributed by atoms with Crippen LogP contribution in [0.4, 0.5) is 5.69 Å². The van der Waals surface area contributed by atoms with Gasteiger partial charge in [0.05, 0.1) is 4.91 Å². The molecule has 2 aromatic rings. The molecule has 0 saturated carbocycles. The molecule has 1 N–H and O–H groups in total. The van der Waals surface area contributed by atoms with Gasteiger partial charge in [0, 0.05) is 18.7 Å². The summed E-state index contributed by atoms with van der Waals surface area (Å²) < 4.78 is 0.481. The van der Waals surface area contributed by atoms with Gasteiger partial charge < -0.3 is 5.32 Å². The van der Waals surface area contributed by atoms with E-state index in [1.54, 1.807) is 6.08 Å². The predicted octanol–water partition coefficient (Wildman–Crippen LogP) is 5.40. The number of nitrogens with one attached hydrogen (secondary N) is 1. The number of allylic oxidation sites excluding steroid dienone is 2. The minimum absolute atomic E-state index is 0.132. The molecule has 0 unspecified atom stereocenters. The van der Waals surface area contributed by atoms with Gasteiger partial charge >= 0.3 is 0 Å². The van der Waals surface area contributed by atoms with Crippen molar-refractivity contribution in [1.29, 1.82) is 0 Å². The van der Waals surface area contributed by atoms with Crippen molar-refractivity contribution in [3.63, 3.8) is 0 Å². The smallest absolute Gasteiger partial charge is 0.266 e. The lowest BCUT2D eigenvalue weighted by Gasteiger charge is -2.16. The van der Waals surface area contributed by atoms with Gasteiger partial charge in [-0.1, -0.05) is 84.2 Å². The van der Waals surface area contributed by atoms with Gasteiger partial charge in [0.1, 0.15) is 4.32 Å². The van der Waals surface area contributed by atoms with Gasteiger partial charge in [-0.3, -0.25) is 14.5 Å². The highest BCUT2D eigenvalue weighted by atomic mass is 32.2. The lowest BCUT2D eigenvalue weighted by molar-refractivity contribution is -0.122. The van der Waals surface area contributed by atoms with Crippen LogP contribution >= 0.6 is 24.0 Å². The van der Waals surface area contributed by atoms with Gasteiger partial charge in [0.15, 0.2) is 0 Å². The third-order valence-corrected chi connectivity index (χ3v) is 6.11. The Morgan fingerprint density at radius 1 is 1.13 bits per heavy atom. The molecule has 1 fully saturated rings. The normalized spacial score (nSPS) is 15.4. The zero-order chi connectivity index (χ0) is 21.7. The van der Waals surface area contributed by atoms with Gasteiger partial charge in [-0.25, -0.2) is 0 Å². The topological polar surface area (TPSA) is 49.4 Å². The minimum atomic E-state index is -0.154. The molecule has 1 aliphatic heterocycles. The molecule has 0 radical (unpaired) electrons. The molecule has 2 amide bonds. The molecule has 3 rings (SSSR count). The first-order chi connectivity index (χ1) is 14.3. The average Bonchev–Trinajstić information content (AvgIpc) is 2.97.